The number of nitrogens with one attached hydrogen (secondary N) is 1. The van der Waals surface area contributed by atoms with E-state index < -0.39 is 0 Å². The van der Waals surface area contributed by atoms with Crippen LogP contribution in [-0.4, -0.2) is 35.0 Å². The first kappa shape index (κ1) is 15.2. The minimum atomic E-state index is -0.168. The maximum absolute atomic E-state index is 11.4. The summed E-state index contributed by atoms with van der Waals surface area (Å²) >= 11 is 0. The van der Waals surface area contributed by atoms with Gasteiger partial charge in [-0.1, -0.05) is 29.8 Å². The second-order valence-corrected chi connectivity index (χ2v) is 7.69. The lowest BCUT2D eigenvalue weighted by atomic mass is 9.64. The van der Waals surface area contributed by atoms with E-state index in [1.54, 1.807) is 0 Å². The molecule has 3 fully saturated rings. The predicted molar refractivity (Wildman–Crippen MR) is 97.2 cm³/mol. The highest BCUT2D eigenvalue weighted by atomic mass is 16.5. The number of fused-ring (bicyclic) bond motifs is 4. The zero-order chi connectivity index (χ0) is 17.1. The summed E-state index contributed by atoms with van der Waals surface area (Å²) < 4.78 is 5.47. The summed E-state index contributed by atoms with van der Waals surface area (Å²) in [6, 6.07) is 9.59. The molecule has 0 spiro atoms. The van der Waals surface area contributed by atoms with Crippen LogP contribution in [0.4, 0.5) is 0 Å². The highest BCUT2D eigenvalue weighted by Gasteiger charge is 2.53. The maximum atomic E-state index is 11.4. The molecule has 4 heteroatoms. The van der Waals surface area contributed by atoms with Crippen LogP contribution in [-0.2, 0) is 16.0 Å². The third kappa shape index (κ3) is 2.13. The zero-order valence-electron chi connectivity index (χ0n) is 14.8. The second-order valence-electron chi connectivity index (χ2n) is 7.69. The van der Waals surface area contributed by atoms with Crippen molar-refractivity contribution in [1.82, 2.24) is 9.88 Å². The normalized spacial score (nSPS) is 34.3. The van der Waals surface area contributed by atoms with Crippen molar-refractivity contribution in [1.29, 1.82) is 0 Å². The van der Waals surface area contributed by atoms with Crippen molar-refractivity contribution in [3.63, 3.8) is 0 Å². The average molecular weight is 336 g/mol. The van der Waals surface area contributed by atoms with Gasteiger partial charge in [0.25, 0.3) is 0 Å². The van der Waals surface area contributed by atoms with Crippen LogP contribution in [0.25, 0.3) is 10.9 Å². The molecule has 4 aliphatic rings. The van der Waals surface area contributed by atoms with E-state index in [1.807, 2.05) is 0 Å². The van der Waals surface area contributed by atoms with Gasteiger partial charge < -0.3 is 9.72 Å². The van der Waals surface area contributed by atoms with Crippen molar-refractivity contribution in [2.24, 2.45) is 11.8 Å². The number of rotatable bonds is 2. The fraction of sp³-hybridized carbons (Fsp3) is 0.476. The molecule has 2 aromatic rings. The lowest BCUT2D eigenvalue weighted by Gasteiger charge is -2.58. The summed E-state index contributed by atoms with van der Waals surface area (Å²) in [6.45, 7) is 5.26. The number of ether oxygens (including phenoxy) is 1. The van der Waals surface area contributed by atoms with Crippen molar-refractivity contribution in [3.8, 4) is 0 Å². The molecule has 1 aromatic heterocycles. The van der Waals surface area contributed by atoms with Crippen molar-refractivity contribution in [2.75, 3.05) is 13.2 Å². The molecule has 6 rings (SSSR count). The first-order chi connectivity index (χ1) is 12.2. The number of hydrogen-bond donors (Lipinski definition) is 1. The smallest absolute Gasteiger partial charge is 0.302 e. The van der Waals surface area contributed by atoms with E-state index in [9.17, 15) is 4.79 Å². The van der Waals surface area contributed by atoms with Crippen LogP contribution in [0, 0.1) is 11.8 Å². The SMILES string of the molecule is CC=C1CN2[C@H]3C[C@@H]1[C@@H](COC(C)=O)[C@@H]2Cc1c3[nH]c2ccccc12. The fourth-order valence-electron chi connectivity index (χ4n) is 5.51. The molecule has 130 valence electrons. The summed E-state index contributed by atoms with van der Waals surface area (Å²) in [7, 11) is 0. The van der Waals surface area contributed by atoms with Gasteiger partial charge in [0, 0.05) is 42.0 Å². The Hall–Kier alpha value is -2.07. The Morgan fingerprint density at radius 3 is 3.04 bits per heavy atom. The monoisotopic (exact) mass is 336 g/mol. The molecule has 1 N–H and O–H groups in total. The first-order valence-corrected chi connectivity index (χ1v) is 9.31. The van der Waals surface area contributed by atoms with Gasteiger partial charge in [-0.2, -0.15) is 0 Å². The Labute approximate surface area is 147 Å². The minimum absolute atomic E-state index is 0.168. The Bertz CT molecular complexity index is 881. The number of para-hydroxylation sites is 1. The predicted octanol–water partition coefficient (Wildman–Crippen LogP) is 3.59. The third-order valence-corrected chi connectivity index (χ3v) is 6.60. The van der Waals surface area contributed by atoms with Gasteiger partial charge in [0.15, 0.2) is 0 Å². The van der Waals surface area contributed by atoms with Crippen LogP contribution < -0.4 is 0 Å². The molecule has 1 unspecified atom stereocenters. The standard InChI is InChI=1S/C21H24N2O2/c1-3-13-10-23-19-9-16-14-6-4-5-7-18(14)22-21(16)20(23)8-15(13)17(19)11-25-12(2)24/h3-7,15,17,19-20,22H,8-11H2,1-2H3/t15-,17+,19-,20-/m0/s1. The van der Waals surface area contributed by atoms with Crippen molar-refractivity contribution < 1.29 is 9.53 Å². The van der Waals surface area contributed by atoms with Crippen LogP contribution in [0.1, 0.15) is 37.6 Å². The lowest BCUT2D eigenvalue weighted by Crippen LogP contribution is -2.61. The first-order valence-electron chi connectivity index (χ1n) is 9.31. The number of carbonyl (C=O) groups is 1. The summed E-state index contributed by atoms with van der Waals surface area (Å²) in [5, 5.41) is 1.36. The Morgan fingerprint density at radius 2 is 2.24 bits per heavy atom. The van der Waals surface area contributed by atoms with E-state index in [0.717, 1.165) is 19.4 Å². The molecule has 25 heavy (non-hydrogen) atoms. The number of piperidine rings is 3. The van der Waals surface area contributed by atoms with E-state index in [1.165, 1.54) is 34.7 Å². The summed E-state index contributed by atoms with van der Waals surface area (Å²) in [5.74, 6) is 0.768. The molecule has 4 bridgehead atoms. The molecule has 3 saturated heterocycles. The number of carbonyl (C=O) groups excluding carboxylic acids is 1. The molecule has 0 radical (unpaired) electrons. The summed E-state index contributed by atoms with van der Waals surface area (Å²) in [5.41, 5.74) is 5.67. The number of aromatic amines is 1. The third-order valence-electron chi connectivity index (χ3n) is 6.60. The van der Waals surface area contributed by atoms with E-state index in [4.69, 9.17) is 4.74 Å². The number of aromatic nitrogens is 1. The Balaban J connectivity index is 1.59. The number of benzene rings is 1. The fourth-order valence-corrected chi connectivity index (χ4v) is 5.51. The molecule has 0 aliphatic carbocycles. The molecule has 5 atom stereocenters. The van der Waals surface area contributed by atoms with Gasteiger partial charge in [0.05, 0.1) is 12.6 Å². The lowest BCUT2D eigenvalue weighted by molar-refractivity contribution is -0.146. The summed E-state index contributed by atoms with van der Waals surface area (Å²) in [6.07, 6.45) is 4.45. The quantitative estimate of drug-likeness (QED) is 0.673. The van der Waals surface area contributed by atoms with Crippen LogP contribution in [0.15, 0.2) is 35.9 Å². The molecule has 0 amide bonds. The maximum Gasteiger partial charge on any atom is 0.302 e. The molecular formula is C21H24N2O2. The van der Waals surface area contributed by atoms with Gasteiger partial charge in [0.2, 0.25) is 0 Å². The Morgan fingerprint density at radius 1 is 1.40 bits per heavy atom. The van der Waals surface area contributed by atoms with E-state index in [-0.39, 0.29) is 5.97 Å². The highest BCUT2D eigenvalue weighted by Crippen LogP contribution is 2.54. The molecule has 1 aromatic carbocycles. The van der Waals surface area contributed by atoms with Gasteiger partial charge in [0.1, 0.15) is 0 Å². The molecule has 5 heterocycles. The van der Waals surface area contributed by atoms with Crippen molar-refractivity contribution in [2.45, 2.75) is 38.8 Å². The van der Waals surface area contributed by atoms with Gasteiger partial charge in [-0.3, -0.25) is 9.69 Å². The van der Waals surface area contributed by atoms with E-state index in [0.29, 0.717) is 30.5 Å². The van der Waals surface area contributed by atoms with Gasteiger partial charge in [-0.25, -0.2) is 0 Å². The average Bonchev–Trinajstić information content (AvgIpc) is 2.99. The van der Waals surface area contributed by atoms with Crippen LogP contribution in [0.3, 0.4) is 0 Å². The van der Waals surface area contributed by atoms with Crippen LogP contribution >= 0.6 is 0 Å². The molecular weight excluding hydrogens is 312 g/mol. The van der Waals surface area contributed by atoms with Gasteiger partial charge in [-0.15, -0.1) is 0 Å². The topological polar surface area (TPSA) is 45.3 Å². The number of hydrogen-bond acceptors (Lipinski definition) is 3. The Kier molecular flexibility index (Phi) is 3.32. The number of esters is 1. The van der Waals surface area contributed by atoms with Crippen molar-refractivity contribution >= 4 is 16.9 Å². The van der Waals surface area contributed by atoms with Crippen molar-refractivity contribution in [3.05, 3.63) is 47.2 Å². The van der Waals surface area contributed by atoms with Gasteiger partial charge in [-0.05, 0) is 37.3 Å². The number of H-pyrrole nitrogens is 1. The largest absolute Gasteiger partial charge is 0.465 e. The van der Waals surface area contributed by atoms with Crippen LogP contribution in [0.2, 0.25) is 0 Å². The number of allylic oxidation sites excluding steroid dienone is 1. The molecule has 0 saturated carbocycles. The zero-order valence-corrected chi connectivity index (χ0v) is 14.8. The van der Waals surface area contributed by atoms with E-state index >= 15 is 0 Å². The van der Waals surface area contributed by atoms with E-state index in [2.05, 4.69) is 47.1 Å². The van der Waals surface area contributed by atoms with Gasteiger partial charge >= 0.3 is 5.97 Å². The minimum Gasteiger partial charge on any atom is -0.465 e. The summed E-state index contributed by atoms with van der Waals surface area (Å²) in [4.78, 5) is 17.8. The highest BCUT2D eigenvalue weighted by molar-refractivity contribution is 5.85. The van der Waals surface area contributed by atoms with Crippen LogP contribution in [0.5, 0.6) is 0 Å². The molecule has 4 aliphatic heterocycles. The number of nitrogens with zero attached hydrogens (tertiary/aromatic N) is 1. The molecule has 4 nitrogen and oxygen atoms in total. The second kappa shape index (κ2) is 5.46.